The van der Waals surface area contributed by atoms with Gasteiger partial charge in [0.25, 0.3) is 0 Å². The molecule has 3 atom stereocenters. The molecule has 10 nitrogen and oxygen atoms in total. The van der Waals surface area contributed by atoms with E-state index in [2.05, 4.69) is 32.6 Å². The molecule has 36 heavy (non-hydrogen) atoms. The van der Waals surface area contributed by atoms with Crippen LogP contribution in [0.2, 0.25) is 0 Å². The molecule has 4 aromatic rings. The summed E-state index contributed by atoms with van der Waals surface area (Å²) < 4.78 is 28.9. The molecular weight excluding hydrogens is 476 g/mol. The molecule has 1 aliphatic heterocycles. The Labute approximate surface area is 210 Å². The van der Waals surface area contributed by atoms with E-state index >= 15 is 0 Å². The number of nitrogens with zero attached hydrogens (tertiary/aromatic N) is 7. The normalized spacial score (nSPS) is 21.5. The molecule has 2 aliphatic rings. The van der Waals surface area contributed by atoms with E-state index in [1.54, 1.807) is 13.7 Å². The van der Waals surface area contributed by atoms with Gasteiger partial charge in [-0.05, 0) is 29.4 Å². The summed E-state index contributed by atoms with van der Waals surface area (Å²) in [7, 11) is 0.668. The van der Waals surface area contributed by atoms with Crippen molar-refractivity contribution in [3.05, 3.63) is 55.2 Å². The van der Waals surface area contributed by atoms with E-state index < -0.39 is 10.0 Å². The highest BCUT2D eigenvalue weighted by molar-refractivity contribution is 7.88. The van der Waals surface area contributed by atoms with E-state index in [9.17, 15) is 8.42 Å². The van der Waals surface area contributed by atoms with Gasteiger partial charge in [-0.25, -0.2) is 22.7 Å². The van der Waals surface area contributed by atoms with Gasteiger partial charge in [-0.1, -0.05) is 18.2 Å². The van der Waals surface area contributed by atoms with Gasteiger partial charge in [0.05, 0.1) is 18.6 Å². The van der Waals surface area contributed by atoms with Crippen molar-refractivity contribution in [3.8, 4) is 33.6 Å². The number of aromatic nitrogens is 6. The van der Waals surface area contributed by atoms with E-state index in [1.165, 1.54) is 6.26 Å². The minimum atomic E-state index is -3.12. The number of nitrogens with one attached hydrogen (secondary N) is 1. The molecule has 2 unspecified atom stereocenters. The summed E-state index contributed by atoms with van der Waals surface area (Å²) in [5.74, 6) is 2.65. The SMILES string of the molecule is Cn1cc(-c2cccc(-c3ncc(-c4cnn(C)c4)c(NCC4C5CN(S(C)(=O)=O)C[C@@H]45)n3)c2)cn1. The summed E-state index contributed by atoms with van der Waals surface area (Å²) >= 11 is 0. The molecule has 1 aliphatic carbocycles. The zero-order valence-corrected chi connectivity index (χ0v) is 21.2. The predicted octanol–water partition coefficient (Wildman–Crippen LogP) is 2.49. The van der Waals surface area contributed by atoms with Gasteiger partial charge in [-0.2, -0.15) is 10.2 Å². The van der Waals surface area contributed by atoms with Crippen LogP contribution in [-0.4, -0.2) is 68.1 Å². The van der Waals surface area contributed by atoms with E-state index in [0.29, 0.717) is 36.7 Å². The molecule has 1 saturated heterocycles. The quantitative estimate of drug-likeness (QED) is 0.412. The van der Waals surface area contributed by atoms with E-state index in [4.69, 9.17) is 4.98 Å². The Morgan fingerprint density at radius 2 is 1.61 bits per heavy atom. The molecule has 3 aromatic heterocycles. The third kappa shape index (κ3) is 4.28. The largest absolute Gasteiger partial charge is 0.369 e. The van der Waals surface area contributed by atoms with E-state index in [0.717, 1.165) is 40.2 Å². The second kappa shape index (κ2) is 8.52. The molecule has 4 heterocycles. The van der Waals surface area contributed by atoms with Crippen LogP contribution < -0.4 is 5.32 Å². The van der Waals surface area contributed by atoms with Crippen LogP contribution in [-0.2, 0) is 24.1 Å². The number of piperidine rings is 1. The third-order valence-electron chi connectivity index (χ3n) is 7.28. The second-order valence-corrected chi connectivity index (χ2v) is 11.8. The van der Waals surface area contributed by atoms with Gasteiger partial charge in [0.1, 0.15) is 5.82 Å². The first kappa shape index (κ1) is 22.9. The van der Waals surface area contributed by atoms with Crippen LogP contribution in [0.5, 0.6) is 0 Å². The standard InChI is InChI=1S/C25H28N8O2S/c1-31-12-18(8-28-31)16-5-4-6-17(7-16)24-26-10-20(19-9-29-32(2)13-19)25(30-24)27-11-21-22-14-33(15-23(21)22)36(3,34)35/h4-10,12-13,21-23H,11,14-15H2,1-3H3,(H,26,27,30)/t21?,22-,23?/m0/s1. The van der Waals surface area contributed by atoms with Crippen LogP contribution in [0.1, 0.15) is 0 Å². The molecule has 11 heteroatoms. The number of fused-ring (bicyclic) bond motifs is 1. The summed E-state index contributed by atoms with van der Waals surface area (Å²) in [5.41, 5.74) is 4.84. The molecule has 1 saturated carbocycles. The Bertz CT molecular complexity index is 1530. The lowest BCUT2D eigenvalue weighted by atomic mass is 10.1. The molecule has 0 bridgehead atoms. The molecule has 0 spiro atoms. The molecule has 1 aromatic carbocycles. The van der Waals surface area contributed by atoms with Crippen molar-refractivity contribution in [2.45, 2.75) is 0 Å². The monoisotopic (exact) mass is 504 g/mol. The maximum atomic E-state index is 11.9. The molecule has 0 amide bonds. The van der Waals surface area contributed by atoms with Crippen molar-refractivity contribution in [2.24, 2.45) is 31.8 Å². The van der Waals surface area contributed by atoms with Crippen molar-refractivity contribution >= 4 is 15.8 Å². The van der Waals surface area contributed by atoms with Crippen molar-refractivity contribution < 1.29 is 8.42 Å². The predicted molar refractivity (Wildman–Crippen MR) is 137 cm³/mol. The fourth-order valence-electron chi connectivity index (χ4n) is 5.23. The fraction of sp³-hybridized carbons (Fsp3) is 0.360. The van der Waals surface area contributed by atoms with Gasteiger partial charge in [0, 0.05) is 74.6 Å². The smallest absolute Gasteiger partial charge is 0.211 e. The first-order chi connectivity index (χ1) is 17.3. The fourth-order valence-corrected chi connectivity index (χ4v) is 6.12. The zero-order chi connectivity index (χ0) is 25.0. The zero-order valence-electron chi connectivity index (χ0n) is 20.4. The van der Waals surface area contributed by atoms with E-state index in [-0.39, 0.29) is 0 Å². The highest BCUT2D eigenvalue weighted by Gasteiger charge is 2.56. The second-order valence-electron chi connectivity index (χ2n) is 9.79. The van der Waals surface area contributed by atoms with Crippen molar-refractivity contribution in [1.29, 1.82) is 0 Å². The lowest BCUT2D eigenvalue weighted by molar-refractivity contribution is 0.420. The van der Waals surface area contributed by atoms with Crippen molar-refractivity contribution in [2.75, 3.05) is 31.2 Å². The summed E-state index contributed by atoms with van der Waals surface area (Å²) in [6.45, 7) is 1.97. The Morgan fingerprint density at radius 3 is 2.25 bits per heavy atom. The minimum Gasteiger partial charge on any atom is -0.369 e. The topological polar surface area (TPSA) is 111 Å². The highest BCUT2D eigenvalue weighted by Crippen LogP contribution is 2.52. The van der Waals surface area contributed by atoms with E-state index in [1.807, 2.05) is 57.2 Å². The lowest BCUT2D eigenvalue weighted by Crippen LogP contribution is -2.31. The van der Waals surface area contributed by atoms with Crippen LogP contribution in [0, 0.1) is 17.8 Å². The van der Waals surface area contributed by atoms with Gasteiger partial charge >= 0.3 is 0 Å². The molecule has 186 valence electrons. The summed E-state index contributed by atoms with van der Waals surface area (Å²) in [6, 6.07) is 8.14. The van der Waals surface area contributed by atoms with Crippen LogP contribution >= 0.6 is 0 Å². The first-order valence-corrected chi connectivity index (χ1v) is 13.8. The average molecular weight is 505 g/mol. The van der Waals surface area contributed by atoms with Gasteiger partial charge in [0.15, 0.2) is 5.82 Å². The Morgan fingerprint density at radius 1 is 0.944 bits per heavy atom. The van der Waals surface area contributed by atoms with Crippen LogP contribution in [0.25, 0.3) is 33.6 Å². The Kier molecular flexibility index (Phi) is 5.41. The number of sulfonamides is 1. The summed E-state index contributed by atoms with van der Waals surface area (Å²) in [5, 5.41) is 12.1. The molecule has 2 fully saturated rings. The summed E-state index contributed by atoms with van der Waals surface area (Å²) in [4.78, 5) is 9.62. The van der Waals surface area contributed by atoms with Gasteiger partial charge in [-0.15, -0.1) is 0 Å². The third-order valence-corrected chi connectivity index (χ3v) is 8.51. The minimum absolute atomic E-state index is 0.409. The number of aryl methyl sites for hydroxylation is 2. The molecule has 6 rings (SSSR count). The maximum absolute atomic E-state index is 11.9. The number of benzene rings is 1. The van der Waals surface area contributed by atoms with Gasteiger partial charge < -0.3 is 5.32 Å². The maximum Gasteiger partial charge on any atom is 0.211 e. The molecule has 0 radical (unpaired) electrons. The molecular formula is C25H28N8O2S. The number of hydrogen-bond acceptors (Lipinski definition) is 7. The number of hydrogen-bond donors (Lipinski definition) is 1. The van der Waals surface area contributed by atoms with Gasteiger partial charge in [0.2, 0.25) is 10.0 Å². The first-order valence-electron chi connectivity index (χ1n) is 11.9. The highest BCUT2D eigenvalue weighted by atomic mass is 32.2. The van der Waals surface area contributed by atoms with Crippen LogP contribution in [0.3, 0.4) is 0 Å². The van der Waals surface area contributed by atoms with Crippen LogP contribution in [0.15, 0.2) is 55.2 Å². The van der Waals surface area contributed by atoms with Crippen LogP contribution in [0.4, 0.5) is 5.82 Å². The van der Waals surface area contributed by atoms with Crippen molar-refractivity contribution in [1.82, 2.24) is 33.8 Å². The van der Waals surface area contributed by atoms with Gasteiger partial charge in [-0.3, -0.25) is 9.36 Å². The Balaban J connectivity index is 1.27. The Hall–Kier alpha value is -3.57. The molecule has 1 N–H and O–H groups in total. The average Bonchev–Trinajstić information content (AvgIpc) is 3.30. The number of rotatable bonds is 7. The van der Waals surface area contributed by atoms with Crippen molar-refractivity contribution in [3.63, 3.8) is 0 Å². The number of anilines is 1. The lowest BCUT2D eigenvalue weighted by Gasteiger charge is -2.17. The summed E-state index contributed by atoms with van der Waals surface area (Å²) in [6.07, 6.45) is 10.7.